The molecule has 1 aliphatic rings. The average molecular weight is 421 g/mol. The maximum absolute atomic E-state index is 12.5. The second-order valence-corrected chi connectivity index (χ2v) is 7.45. The number of carbonyl (C=O) groups excluding carboxylic acids is 1. The maximum Gasteiger partial charge on any atom is 0.289 e. The van der Waals surface area contributed by atoms with Crippen molar-refractivity contribution in [2.75, 3.05) is 39.3 Å². The van der Waals surface area contributed by atoms with E-state index in [4.69, 9.17) is 13.8 Å². The Morgan fingerprint density at radius 2 is 1.61 bits per heavy atom. The first kappa shape index (κ1) is 20.8. The third-order valence-electron chi connectivity index (χ3n) is 5.34. The molecular formula is C24H28N4O3. The monoisotopic (exact) mass is 420 g/mol. The summed E-state index contributed by atoms with van der Waals surface area (Å²) >= 11 is 0. The van der Waals surface area contributed by atoms with Crippen LogP contribution in [0.15, 0.2) is 81.0 Å². The van der Waals surface area contributed by atoms with E-state index in [1.807, 2.05) is 23.1 Å². The lowest BCUT2D eigenvalue weighted by Gasteiger charge is -2.36. The van der Waals surface area contributed by atoms with Crippen LogP contribution in [0.2, 0.25) is 0 Å². The second-order valence-electron chi connectivity index (χ2n) is 7.45. The molecule has 1 saturated heterocycles. The fourth-order valence-corrected chi connectivity index (χ4v) is 3.64. The van der Waals surface area contributed by atoms with E-state index in [1.165, 1.54) is 11.8 Å². The standard InChI is InChI=1S/C24H28N4O3/c29-23(22-9-5-19-31-22)27-14-16-28(17-15-27)24(26-13-11-21-8-4-18-30-21)25-12-10-20-6-2-1-3-7-20/h1-9,18-19H,10-17H2,(H,25,26). The van der Waals surface area contributed by atoms with E-state index in [2.05, 4.69) is 34.5 Å². The Hall–Kier alpha value is -3.48. The van der Waals surface area contributed by atoms with Crippen molar-refractivity contribution in [3.63, 3.8) is 0 Å². The molecular weight excluding hydrogens is 392 g/mol. The van der Waals surface area contributed by atoms with E-state index in [1.54, 1.807) is 18.4 Å². The van der Waals surface area contributed by atoms with Crippen LogP contribution in [-0.4, -0.2) is 60.9 Å². The molecule has 7 nitrogen and oxygen atoms in total. The highest BCUT2D eigenvalue weighted by atomic mass is 16.3. The Morgan fingerprint density at radius 1 is 0.871 bits per heavy atom. The van der Waals surface area contributed by atoms with Crippen molar-refractivity contribution >= 4 is 11.9 Å². The Bertz CT molecular complexity index is 944. The van der Waals surface area contributed by atoms with Gasteiger partial charge in [0, 0.05) is 45.7 Å². The summed E-state index contributed by atoms with van der Waals surface area (Å²) < 4.78 is 10.7. The van der Waals surface area contributed by atoms with E-state index in [-0.39, 0.29) is 5.91 Å². The van der Waals surface area contributed by atoms with Crippen LogP contribution in [0.3, 0.4) is 0 Å². The summed E-state index contributed by atoms with van der Waals surface area (Å²) in [5, 5.41) is 3.51. The molecule has 1 fully saturated rings. The second kappa shape index (κ2) is 10.5. The van der Waals surface area contributed by atoms with E-state index in [9.17, 15) is 4.79 Å². The summed E-state index contributed by atoms with van der Waals surface area (Å²) in [4.78, 5) is 21.4. The van der Waals surface area contributed by atoms with Gasteiger partial charge in [-0.25, -0.2) is 0 Å². The summed E-state index contributed by atoms with van der Waals surface area (Å²) in [6.45, 7) is 4.17. The zero-order valence-electron chi connectivity index (χ0n) is 17.6. The summed E-state index contributed by atoms with van der Waals surface area (Å²) in [5.41, 5.74) is 1.29. The fourth-order valence-electron chi connectivity index (χ4n) is 3.64. The molecule has 1 aromatic carbocycles. The minimum atomic E-state index is -0.0574. The highest BCUT2D eigenvalue weighted by molar-refractivity contribution is 5.91. The minimum Gasteiger partial charge on any atom is -0.469 e. The van der Waals surface area contributed by atoms with Gasteiger partial charge in [0.2, 0.25) is 0 Å². The molecule has 1 amide bonds. The summed E-state index contributed by atoms with van der Waals surface area (Å²) in [6.07, 6.45) is 4.90. The molecule has 2 aromatic heterocycles. The van der Waals surface area contributed by atoms with Crippen LogP contribution in [-0.2, 0) is 12.8 Å². The molecule has 0 saturated carbocycles. The van der Waals surface area contributed by atoms with Crippen molar-refractivity contribution in [3.8, 4) is 0 Å². The summed E-state index contributed by atoms with van der Waals surface area (Å²) in [6, 6.07) is 17.7. The number of guanidine groups is 1. The zero-order chi connectivity index (χ0) is 21.3. The summed E-state index contributed by atoms with van der Waals surface area (Å²) in [7, 11) is 0. The van der Waals surface area contributed by atoms with Crippen LogP contribution in [0.25, 0.3) is 0 Å². The maximum atomic E-state index is 12.5. The normalized spacial score (nSPS) is 14.6. The van der Waals surface area contributed by atoms with Crippen molar-refractivity contribution in [3.05, 3.63) is 84.2 Å². The molecule has 0 aliphatic carbocycles. The van der Waals surface area contributed by atoms with Crippen molar-refractivity contribution in [1.82, 2.24) is 15.1 Å². The molecule has 162 valence electrons. The highest BCUT2D eigenvalue weighted by Crippen LogP contribution is 2.10. The van der Waals surface area contributed by atoms with E-state index in [0.29, 0.717) is 25.4 Å². The predicted molar refractivity (Wildman–Crippen MR) is 119 cm³/mol. The Kier molecular flexibility index (Phi) is 7.05. The first-order valence-electron chi connectivity index (χ1n) is 10.7. The van der Waals surface area contributed by atoms with Crippen molar-refractivity contribution in [1.29, 1.82) is 0 Å². The van der Waals surface area contributed by atoms with Gasteiger partial charge in [0.25, 0.3) is 5.91 Å². The number of benzene rings is 1. The van der Waals surface area contributed by atoms with Crippen LogP contribution < -0.4 is 5.32 Å². The first-order chi connectivity index (χ1) is 15.3. The van der Waals surface area contributed by atoms with Gasteiger partial charge in [-0.3, -0.25) is 9.79 Å². The van der Waals surface area contributed by atoms with Crippen LogP contribution >= 0.6 is 0 Å². The number of piperazine rings is 1. The third kappa shape index (κ3) is 5.78. The smallest absolute Gasteiger partial charge is 0.289 e. The number of nitrogens with one attached hydrogen (secondary N) is 1. The topological polar surface area (TPSA) is 74.2 Å². The van der Waals surface area contributed by atoms with Gasteiger partial charge in [-0.2, -0.15) is 0 Å². The van der Waals surface area contributed by atoms with E-state index >= 15 is 0 Å². The number of amides is 1. The number of rotatable bonds is 7. The lowest BCUT2D eigenvalue weighted by molar-refractivity contribution is 0.0657. The van der Waals surface area contributed by atoms with Gasteiger partial charge in [0.1, 0.15) is 5.76 Å². The SMILES string of the molecule is O=C(c1ccco1)N1CCN(C(=NCCc2ccco2)NCCc2ccccc2)CC1. The van der Waals surface area contributed by atoms with Crippen molar-refractivity contribution < 1.29 is 13.6 Å². The molecule has 1 aliphatic heterocycles. The molecule has 7 heteroatoms. The van der Waals surface area contributed by atoms with Gasteiger partial charge in [-0.1, -0.05) is 30.3 Å². The fraction of sp³-hybridized carbons (Fsp3) is 0.333. The highest BCUT2D eigenvalue weighted by Gasteiger charge is 2.25. The zero-order valence-corrected chi connectivity index (χ0v) is 17.6. The molecule has 0 unspecified atom stereocenters. The number of nitrogens with zero attached hydrogens (tertiary/aromatic N) is 3. The van der Waals surface area contributed by atoms with Crippen LogP contribution in [0, 0.1) is 0 Å². The molecule has 1 N–H and O–H groups in total. The van der Waals surface area contributed by atoms with Crippen LogP contribution in [0.1, 0.15) is 21.9 Å². The van der Waals surface area contributed by atoms with E-state index in [0.717, 1.165) is 44.2 Å². The van der Waals surface area contributed by atoms with Crippen molar-refractivity contribution in [2.45, 2.75) is 12.8 Å². The number of furan rings is 2. The number of hydrogen-bond acceptors (Lipinski definition) is 4. The van der Waals surface area contributed by atoms with Crippen LogP contribution in [0.5, 0.6) is 0 Å². The number of carbonyl (C=O) groups is 1. The Labute approximate surface area is 182 Å². The predicted octanol–water partition coefficient (Wildman–Crippen LogP) is 3.06. The lowest BCUT2D eigenvalue weighted by atomic mass is 10.1. The molecule has 0 atom stereocenters. The summed E-state index contributed by atoms with van der Waals surface area (Å²) in [5.74, 6) is 2.15. The first-order valence-corrected chi connectivity index (χ1v) is 10.7. The van der Waals surface area contributed by atoms with Gasteiger partial charge in [-0.15, -0.1) is 0 Å². The van der Waals surface area contributed by atoms with Crippen molar-refractivity contribution in [2.24, 2.45) is 4.99 Å². The number of aliphatic imine (C=N–C) groups is 1. The van der Waals surface area contributed by atoms with Gasteiger partial charge >= 0.3 is 0 Å². The minimum absolute atomic E-state index is 0.0574. The van der Waals surface area contributed by atoms with Gasteiger partial charge < -0.3 is 24.0 Å². The van der Waals surface area contributed by atoms with Gasteiger partial charge in [0.15, 0.2) is 11.7 Å². The Balaban J connectivity index is 1.34. The Morgan fingerprint density at radius 3 is 2.32 bits per heavy atom. The molecule has 4 rings (SSSR count). The van der Waals surface area contributed by atoms with Gasteiger partial charge in [0.05, 0.1) is 12.5 Å². The average Bonchev–Trinajstić information content (AvgIpc) is 3.53. The number of hydrogen-bond donors (Lipinski definition) is 1. The lowest BCUT2D eigenvalue weighted by Crippen LogP contribution is -2.54. The molecule has 31 heavy (non-hydrogen) atoms. The largest absolute Gasteiger partial charge is 0.469 e. The third-order valence-corrected chi connectivity index (χ3v) is 5.34. The molecule has 0 spiro atoms. The molecule has 3 heterocycles. The molecule has 0 radical (unpaired) electrons. The van der Waals surface area contributed by atoms with Gasteiger partial charge in [-0.05, 0) is 36.2 Å². The molecule has 3 aromatic rings. The van der Waals surface area contributed by atoms with Crippen LogP contribution in [0.4, 0.5) is 0 Å². The molecule has 0 bridgehead atoms. The quantitative estimate of drug-likeness (QED) is 0.470. The van der Waals surface area contributed by atoms with E-state index < -0.39 is 0 Å².